The third-order valence-corrected chi connectivity index (χ3v) is 5.56. The molecule has 0 aromatic carbocycles. The fourth-order valence-corrected chi connectivity index (χ4v) is 4.57. The van der Waals surface area contributed by atoms with Crippen LogP contribution in [0.2, 0.25) is 0 Å². The van der Waals surface area contributed by atoms with E-state index in [9.17, 15) is 0 Å². The highest BCUT2D eigenvalue weighted by molar-refractivity contribution is 7.38. The molecule has 1 saturated heterocycles. The maximum atomic E-state index is 8.87. The zero-order valence-corrected chi connectivity index (χ0v) is 12.4. The summed E-state index contributed by atoms with van der Waals surface area (Å²) in [5, 5.41) is 10.00. The Bertz CT molecular complexity index is 571. The largest absolute Gasteiger partial charge is 0.347 e. The number of nitriles is 1. The predicted octanol–water partition coefficient (Wildman–Crippen LogP) is 4.30. The van der Waals surface area contributed by atoms with Crippen LogP contribution in [0.5, 0.6) is 0 Å². The number of rotatable bonds is 3. The Morgan fingerprint density at radius 3 is 2.74 bits per heavy atom. The number of hydrogen-bond acceptors (Lipinski definition) is 5. The van der Waals surface area contributed by atoms with Gasteiger partial charge in [-0.2, -0.15) is 5.26 Å². The summed E-state index contributed by atoms with van der Waals surface area (Å²) >= 11 is 3.21. The molecular weight excluding hydrogens is 278 g/mol. The van der Waals surface area contributed by atoms with Crippen LogP contribution in [0.4, 0.5) is 0 Å². The van der Waals surface area contributed by atoms with E-state index in [1.807, 2.05) is 6.07 Å². The summed E-state index contributed by atoms with van der Waals surface area (Å²) in [6.45, 7) is 3.76. The lowest BCUT2D eigenvalue weighted by Crippen LogP contribution is -2.26. The van der Waals surface area contributed by atoms with Crippen LogP contribution in [0.15, 0.2) is 12.1 Å². The minimum Gasteiger partial charge on any atom is -0.347 e. The van der Waals surface area contributed by atoms with E-state index >= 15 is 0 Å². The Hall–Kier alpha value is -0.930. The average molecular weight is 293 g/mol. The summed E-state index contributed by atoms with van der Waals surface area (Å²) in [5.41, 5.74) is 0. The molecule has 2 aromatic rings. The standard InChI is InChI=1S/C14H15NO2S2/c1-2-3-9-7-16-13(17-8-9)12-5-10-4-11(6-15)18-14(10)19-12/h4-5,9,13H,2-3,7-8H2,1H3. The summed E-state index contributed by atoms with van der Waals surface area (Å²) in [6, 6.07) is 6.20. The van der Waals surface area contributed by atoms with E-state index in [1.165, 1.54) is 21.8 Å². The third-order valence-electron chi connectivity index (χ3n) is 3.24. The normalized spacial score (nSPS) is 23.6. The first-order chi connectivity index (χ1) is 9.30. The first-order valence-corrected chi connectivity index (χ1v) is 8.10. The molecule has 5 heteroatoms. The molecule has 1 fully saturated rings. The first-order valence-electron chi connectivity index (χ1n) is 6.46. The average Bonchev–Trinajstić information content (AvgIpc) is 2.97. The van der Waals surface area contributed by atoms with Gasteiger partial charge in [-0.25, -0.2) is 0 Å². The molecule has 0 atom stereocenters. The van der Waals surface area contributed by atoms with Crippen LogP contribution in [0, 0.1) is 17.2 Å². The van der Waals surface area contributed by atoms with Crippen LogP contribution in [-0.4, -0.2) is 13.2 Å². The maximum absolute atomic E-state index is 8.87. The Kier molecular flexibility index (Phi) is 3.85. The number of fused-ring (bicyclic) bond motifs is 1. The van der Waals surface area contributed by atoms with Gasteiger partial charge in [-0.05, 0) is 18.6 Å². The van der Waals surface area contributed by atoms with E-state index in [0.29, 0.717) is 5.92 Å². The highest BCUT2D eigenvalue weighted by Crippen LogP contribution is 2.38. The molecule has 0 unspecified atom stereocenters. The predicted molar refractivity (Wildman–Crippen MR) is 77.5 cm³/mol. The molecule has 0 amide bonds. The summed E-state index contributed by atoms with van der Waals surface area (Å²) in [7, 11) is 0. The Morgan fingerprint density at radius 2 is 2.11 bits per heavy atom. The third kappa shape index (κ3) is 2.67. The topological polar surface area (TPSA) is 42.2 Å². The zero-order valence-electron chi connectivity index (χ0n) is 10.7. The van der Waals surface area contributed by atoms with Gasteiger partial charge >= 0.3 is 0 Å². The van der Waals surface area contributed by atoms with Gasteiger partial charge in [0.2, 0.25) is 0 Å². The molecule has 0 radical (unpaired) electrons. The van der Waals surface area contributed by atoms with Gasteiger partial charge in [0.15, 0.2) is 6.29 Å². The van der Waals surface area contributed by atoms with Gasteiger partial charge < -0.3 is 9.47 Å². The molecule has 0 spiro atoms. The molecule has 3 heterocycles. The summed E-state index contributed by atoms with van der Waals surface area (Å²) in [5.74, 6) is 0.535. The van der Waals surface area contributed by atoms with Crippen molar-refractivity contribution in [2.75, 3.05) is 13.2 Å². The van der Waals surface area contributed by atoms with E-state index < -0.39 is 0 Å². The molecule has 0 saturated carbocycles. The first kappa shape index (κ1) is 13.1. The second-order valence-corrected chi connectivity index (χ2v) is 7.16. The number of thiophene rings is 2. The van der Waals surface area contributed by atoms with Crippen molar-refractivity contribution in [2.24, 2.45) is 5.92 Å². The zero-order chi connectivity index (χ0) is 13.2. The van der Waals surface area contributed by atoms with Crippen molar-refractivity contribution in [1.82, 2.24) is 0 Å². The SMILES string of the molecule is CCCC1COC(c2cc3cc(C#N)sc3s2)OC1. The van der Waals surface area contributed by atoms with Crippen molar-refractivity contribution < 1.29 is 9.47 Å². The fraction of sp³-hybridized carbons (Fsp3) is 0.500. The number of ether oxygens (including phenoxy) is 2. The highest BCUT2D eigenvalue weighted by atomic mass is 32.2. The minimum absolute atomic E-state index is 0.219. The number of hydrogen-bond donors (Lipinski definition) is 0. The fourth-order valence-electron chi connectivity index (χ4n) is 2.31. The molecule has 0 aliphatic carbocycles. The van der Waals surface area contributed by atoms with E-state index in [0.717, 1.165) is 34.8 Å². The molecule has 3 rings (SSSR count). The summed E-state index contributed by atoms with van der Waals surface area (Å²) < 4.78 is 12.8. The van der Waals surface area contributed by atoms with Crippen LogP contribution < -0.4 is 0 Å². The lowest BCUT2D eigenvalue weighted by atomic mass is 10.1. The van der Waals surface area contributed by atoms with Crippen molar-refractivity contribution >= 4 is 32.1 Å². The van der Waals surface area contributed by atoms with E-state index in [-0.39, 0.29) is 6.29 Å². The van der Waals surface area contributed by atoms with Crippen LogP contribution in [-0.2, 0) is 9.47 Å². The Balaban J connectivity index is 1.71. The molecule has 19 heavy (non-hydrogen) atoms. The summed E-state index contributed by atoms with van der Waals surface area (Å²) in [6.07, 6.45) is 2.12. The molecule has 3 nitrogen and oxygen atoms in total. The monoisotopic (exact) mass is 293 g/mol. The van der Waals surface area contributed by atoms with Gasteiger partial charge in [0.05, 0.1) is 22.1 Å². The van der Waals surface area contributed by atoms with Gasteiger partial charge in [0.25, 0.3) is 0 Å². The van der Waals surface area contributed by atoms with Gasteiger partial charge in [-0.3, -0.25) is 0 Å². The highest BCUT2D eigenvalue weighted by Gasteiger charge is 2.24. The Morgan fingerprint density at radius 1 is 1.32 bits per heavy atom. The van der Waals surface area contributed by atoms with E-state index in [4.69, 9.17) is 14.7 Å². The van der Waals surface area contributed by atoms with Crippen molar-refractivity contribution in [3.05, 3.63) is 21.9 Å². The van der Waals surface area contributed by atoms with Crippen molar-refractivity contribution in [3.8, 4) is 6.07 Å². The molecule has 0 N–H and O–H groups in total. The molecule has 1 aliphatic rings. The molecule has 1 aliphatic heterocycles. The molecular formula is C14H15NO2S2. The smallest absolute Gasteiger partial charge is 0.193 e. The van der Waals surface area contributed by atoms with Crippen molar-refractivity contribution in [1.29, 1.82) is 5.26 Å². The van der Waals surface area contributed by atoms with Crippen molar-refractivity contribution in [2.45, 2.75) is 26.1 Å². The van der Waals surface area contributed by atoms with Crippen molar-refractivity contribution in [3.63, 3.8) is 0 Å². The number of nitrogens with zero attached hydrogens (tertiary/aromatic N) is 1. The lowest BCUT2D eigenvalue weighted by molar-refractivity contribution is -0.204. The Labute approximate surface area is 120 Å². The van der Waals surface area contributed by atoms with Gasteiger partial charge in [-0.1, -0.05) is 13.3 Å². The second kappa shape index (κ2) is 5.59. The van der Waals surface area contributed by atoms with Gasteiger partial charge in [0, 0.05) is 11.3 Å². The van der Waals surface area contributed by atoms with Gasteiger partial charge in [-0.15, -0.1) is 22.7 Å². The van der Waals surface area contributed by atoms with E-state index in [1.54, 1.807) is 11.3 Å². The molecule has 2 aromatic heterocycles. The summed E-state index contributed by atoms with van der Waals surface area (Å²) in [4.78, 5) is 1.88. The van der Waals surface area contributed by atoms with Crippen LogP contribution >= 0.6 is 22.7 Å². The molecule has 100 valence electrons. The molecule has 0 bridgehead atoms. The van der Waals surface area contributed by atoms with Crippen LogP contribution in [0.25, 0.3) is 9.40 Å². The minimum atomic E-state index is -0.219. The van der Waals surface area contributed by atoms with E-state index in [2.05, 4.69) is 19.1 Å². The second-order valence-electron chi connectivity index (χ2n) is 4.77. The van der Waals surface area contributed by atoms with Gasteiger partial charge in [0.1, 0.15) is 10.9 Å². The quantitative estimate of drug-likeness (QED) is 0.847. The van der Waals surface area contributed by atoms with Crippen LogP contribution in [0.3, 0.4) is 0 Å². The maximum Gasteiger partial charge on any atom is 0.193 e. The lowest BCUT2D eigenvalue weighted by Gasteiger charge is -2.28. The van der Waals surface area contributed by atoms with Crippen LogP contribution in [0.1, 0.15) is 35.8 Å².